The Bertz CT molecular complexity index is 417. The number of ether oxygens (including phenoxy) is 1. The van der Waals surface area contributed by atoms with Crippen LogP contribution >= 0.6 is 0 Å². The molecular weight excluding hydrogens is 270 g/mol. The van der Waals surface area contributed by atoms with E-state index in [1.54, 1.807) is 12.5 Å². The molecule has 1 aromatic heterocycles. The van der Waals surface area contributed by atoms with Crippen LogP contribution < -0.4 is 10.6 Å². The molecule has 118 valence electrons. The average Bonchev–Trinajstić information content (AvgIpc) is 2.91. The third-order valence-electron chi connectivity index (χ3n) is 3.43. The highest BCUT2D eigenvalue weighted by Gasteiger charge is 2.16. The smallest absolute Gasteiger partial charge is 0.315 e. The van der Waals surface area contributed by atoms with Crippen molar-refractivity contribution in [3.8, 4) is 0 Å². The van der Waals surface area contributed by atoms with Gasteiger partial charge in [-0.3, -0.25) is 4.90 Å². The zero-order valence-corrected chi connectivity index (χ0v) is 12.8. The Kier molecular flexibility index (Phi) is 6.01. The molecule has 0 spiro atoms. The summed E-state index contributed by atoms with van der Waals surface area (Å²) in [6.07, 6.45) is 5.37. The lowest BCUT2D eigenvalue weighted by atomic mass is 10.3. The van der Waals surface area contributed by atoms with Gasteiger partial charge in [0.05, 0.1) is 19.5 Å². The normalized spacial score (nSPS) is 19.0. The van der Waals surface area contributed by atoms with E-state index in [-0.39, 0.29) is 18.1 Å². The molecule has 1 aromatic rings. The third-order valence-corrected chi connectivity index (χ3v) is 3.43. The Morgan fingerprint density at radius 1 is 1.24 bits per heavy atom. The Balaban J connectivity index is 1.65. The second-order valence-corrected chi connectivity index (χ2v) is 5.59. The molecule has 0 saturated carbocycles. The number of aromatic nitrogens is 2. The zero-order chi connectivity index (χ0) is 15.1. The van der Waals surface area contributed by atoms with Gasteiger partial charge in [0.1, 0.15) is 0 Å². The number of carbonyl (C=O) groups is 1. The Morgan fingerprint density at radius 3 is 2.52 bits per heavy atom. The maximum Gasteiger partial charge on any atom is 0.315 e. The molecular formula is C14H25N5O2. The van der Waals surface area contributed by atoms with Crippen molar-refractivity contribution in [3.05, 3.63) is 18.7 Å². The number of rotatable bonds is 6. The van der Waals surface area contributed by atoms with Crippen LogP contribution in [0.5, 0.6) is 0 Å². The third kappa shape index (κ3) is 5.73. The molecule has 2 heterocycles. The summed E-state index contributed by atoms with van der Waals surface area (Å²) in [6, 6.07) is 0.0432. The van der Waals surface area contributed by atoms with E-state index in [2.05, 4.69) is 20.5 Å². The summed E-state index contributed by atoms with van der Waals surface area (Å²) in [7, 11) is 0. The number of hydrogen-bond donors (Lipinski definition) is 2. The predicted molar refractivity (Wildman–Crippen MR) is 80.1 cm³/mol. The molecule has 2 N–H and O–H groups in total. The van der Waals surface area contributed by atoms with Gasteiger partial charge in [0.15, 0.2) is 0 Å². The minimum atomic E-state index is -0.122. The molecule has 0 unspecified atom stereocenters. The van der Waals surface area contributed by atoms with Crippen molar-refractivity contribution >= 4 is 6.03 Å². The van der Waals surface area contributed by atoms with Crippen LogP contribution in [0.25, 0.3) is 0 Å². The number of amides is 2. The first kappa shape index (κ1) is 15.8. The summed E-state index contributed by atoms with van der Waals surface area (Å²) in [5, 5.41) is 5.92. The van der Waals surface area contributed by atoms with Crippen molar-refractivity contribution in [2.24, 2.45) is 0 Å². The molecule has 2 rings (SSSR count). The average molecular weight is 295 g/mol. The lowest BCUT2D eigenvalue weighted by Gasteiger charge is -2.29. The molecule has 0 aliphatic carbocycles. The van der Waals surface area contributed by atoms with Gasteiger partial charge in [-0.25, -0.2) is 9.78 Å². The predicted octanol–water partition coefficient (Wildman–Crippen LogP) is 0.292. The fourth-order valence-electron chi connectivity index (χ4n) is 2.46. The van der Waals surface area contributed by atoms with Crippen LogP contribution in [0.2, 0.25) is 0 Å². The van der Waals surface area contributed by atoms with Crippen molar-refractivity contribution < 1.29 is 9.53 Å². The molecule has 0 bridgehead atoms. The highest BCUT2D eigenvalue weighted by molar-refractivity contribution is 5.74. The SMILES string of the molecule is C[C@H](CN1CCOCC1)NC(=O)N[C@@H](C)Cn1ccnc1. The van der Waals surface area contributed by atoms with E-state index in [0.717, 1.165) is 32.8 Å². The van der Waals surface area contributed by atoms with Crippen molar-refractivity contribution in [1.29, 1.82) is 0 Å². The maximum absolute atomic E-state index is 11.9. The minimum absolute atomic E-state index is 0.0507. The number of nitrogens with one attached hydrogen (secondary N) is 2. The summed E-state index contributed by atoms with van der Waals surface area (Å²) >= 11 is 0. The largest absolute Gasteiger partial charge is 0.379 e. The van der Waals surface area contributed by atoms with Crippen molar-refractivity contribution in [2.75, 3.05) is 32.8 Å². The van der Waals surface area contributed by atoms with Crippen LogP contribution in [0.4, 0.5) is 4.79 Å². The molecule has 0 radical (unpaired) electrons. The highest BCUT2D eigenvalue weighted by Crippen LogP contribution is 1.98. The molecule has 1 aliphatic heterocycles. The second-order valence-electron chi connectivity index (χ2n) is 5.59. The van der Waals surface area contributed by atoms with Crippen molar-refractivity contribution in [3.63, 3.8) is 0 Å². The molecule has 21 heavy (non-hydrogen) atoms. The van der Waals surface area contributed by atoms with Crippen LogP contribution in [-0.4, -0.2) is 65.4 Å². The summed E-state index contributed by atoms with van der Waals surface area (Å²) in [5.41, 5.74) is 0. The van der Waals surface area contributed by atoms with Crippen molar-refractivity contribution in [2.45, 2.75) is 32.5 Å². The highest BCUT2D eigenvalue weighted by atomic mass is 16.5. The zero-order valence-electron chi connectivity index (χ0n) is 12.8. The summed E-state index contributed by atoms with van der Waals surface area (Å²) < 4.78 is 7.26. The molecule has 7 nitrogen and oxygen atoms in total. The van der Waals surface area contributed by atoms with Crippen LogP contribution in [0, 0.1) is 0 Å². The van der Waals surface area contributed by atoms with E-state index in [4.69, 9.17) is 4.74 Å². The fourth-order valence-corrected chi connectivity index (χ4v) is 2.46. The second kappa shape index (κ2) is 7.99. The monoisotopic (exact) mass is 295 g/mol. The van der Waals surface area contributed by atoms with Gasteiger partial charge in [-0.1, -0.05) is 0 Å². The number of morpholine rings is 1. The molecule has 2 amide bonds. The number of nitrogens with zero attached hydrogens (tertiary/aromatic N) is 3. The Morgan fingerprint density at radius 2 is 1.90 bits per heavy atom. The first-order valence-electron chi connectivity index (χ1n) is 7.46. The molecule has 2 atom stereocenters. The van der Waals surface area contributed by atoms with Crippen LogP contribution in [0.15, 0.2) is 18.7 Å². The minimum Gasteiger partial charge on any atom is -0.379 e. The summed E-state index contributed by atoms with van der Waals surface area (Å²) in [5.74, 6) is 0. The topological polar surface area (TPSA) is 71.4 Å². The van der Waals surface area contributed by atoms with Gasteiger partial charge in [-0.05, 0) is 13.8 Å². The van der Waals surface area contributed by atoms with E-state index in [1.165, 1.54) is 0 Å². The first-order valence-corrected chi connectivity index (χ1v) is 7.46. The number of carbonyl (C=O) groups excluding carboxylic acids is 1. The summed E-state index contributed by atoms with van der Waals surface area (Å²) in [4.78, 5) is 18.2. The molecule has 0 aromatic carbocycles. The molecule has 1 saturated heterocycles. The molecule has 1 fully saturated rings. The van der Waals surface area contributed by atoms with Gasteiger partial charge < -0.3 is 19.9 Å². The van der Waals surface area contributed by atoms with Crippen molar-refractivity contribution in [1.82, 2.24) is 25.1 Å². The molecule has 1 aliphatic rings. The van der Waals surface area contributed by atoms with Gasteiger partial charge in [0.2, 0.25) is 0 Å². The van der Waals surface area contributed by atoms with Gasteiger partial charge in [-0.2, -0.15) is 0 Å². The summed E-state index contributed by atoms with van der Waals surface area (Å²) in [6.45, 7) is 9.00. The van der Waals surface area contributed by atoms with E-state index in [1.807, 2.05) is 24.6 Å². The van der Waals surface area contributed by atoms with Gasteiger partial charge in [-0.15, -0.1) is 0 Å². The lowest BCUT2D eigenvalue weighted by Crippen LogP contribution is -2.50. The Hall–Kier alpha value is -1.60. The van der Waals surface area contributed by atoms with E-state index < -0.39 is 0 Å². The van der Waals surface area contributed by atoms with Gasteiger partial charge >= 0.3 is 6.03 Å². The van der Waals surface area contributed by atoms with E-state index in [0.29, 0.717) is 6.54 Å². The lowest BCUT2D eigenvalue weighted by molar-refractivity contribution is 0.0349. The van der Waals surface area contributed by atoms with Gasteiger partial charge in [0.25, 0.3) is 0 Å². The number of hydrogen-bond acceptors (Lipinski definition) is 4. The maximum atomic E-state index is 11.9. The van der Waals surface area contributed by atoms with Crippen LogP contribution in [0.1, 0.15) is 13.8 Å². The van der Waals surface area contributed by atoms with E-state index in [9.17, 15) is 4.79 Å². The quantitative estimate of drug-likeness (QED) is 0.791. The number of urea groups is 1. The standard InChI is InChI=1S/C14H25N5O2/c1-12(9-18-5-7-21-8-6-18)16-14(20)17-13(2)10-19-4-3-15-11-19/h3-4,11-13H,5-10H2,1-2H3,(H2,16,17,20)/t12-,13+/m1/s1. The van der Waals surface area contributed by atoms with Crippen LogP contribution in [-0.2, 0) is 11.3 Å². The fraction of sp³-hybridized carbons (Fsp3) is 0.714. The first-order chi connectivity index (χ1) is 10.1. The van der Waals surface area contributed by atoms with E-state index >= 15 is 0 Å². The van der Waals surface area contributed by atoms with Crippen LogP contribution in [0.3, 0.4) is 0 Å². The number of imidazole rings is 1. The molecule has 7 heteroatoms. The Labute approximate surface area is 125 Å². The van der Waals surface area contributed by atoms with Gasteiger partial charge in [0, 0.05) is 50.7 Å².